The maximum atomic E-state index is 5.36. The lowest BCUT2D eigenvalue weighted by Crippen LogP contribution is -1.92. The number of hydrogen-bond donors (Lipinski definition) is 1. The Balaban J connectivity index is 2.40. The topological polar surface area (TPSA) is 38.9 Å². The first kappa shape index (κ1) is 10.4. The van der Waals surface area contributed by atoms with E-state index in [1.54, 1.807) is 6.20 Å². The monoisotopic (exact) mass is 210 g/mol. The molecule has 1 aromatic carbocycles. The molecule has 1 aromatic heterocycles. The quantitative estimate of drug-likeness (QED) is 0.846. The van der Waals surface area contributed by atoms with Gasteiger partial charge in [-0.05, 0) is 17.8 Å². The molecule has 2 N–H and O–H groups in total. The van der Waals surface area contributed by atoms with E-state index >= 15 is 0 Å². The van der Waals surface area contributed by atoms with Gasteiger partial charge in [0.25, 0.3) is 0 Å². The SMILES string of the molecule is NC=CCc1ncccc1-c1ccccc1. The molecule has 2 nitrogen and oxygen atoms in total. The second-order valence-electron chi connectivity index (χ2n) is 3.50. The summed E-state index contributed by atoms with van der Waals surface area (Å²) in [5, 5.41) is 0. The molecule has 0 fully saturated rings. The second-order valence-corrected chi connectivity index (χ2v) is 3.50. The Morgan fingerprint density at radius 1 is 1.06 bits per heavy atom. The van der Waals surface area contributed by atoms with Crippen molar-refractivity contribution in [2.75, 3.05) is 0 Å². The Bertz CT molecular complexity index is 475. The van der Waals surface area contributed by atoms with Crippen LogP contribution in [0.5, 0.6) is 0 Å². The summed E-state index contributed by atoms with van der Waals surface area (Å²) in [5.74, 6) is 0. The van der Waals surface area contributed by atoms with Gasteiger partial charge in [0.05, 0.1) is 5.69 Å². The van der Waals surface area contributed by atoms with Gasteiger partial charge in [0, 0.05) is 18.2 Å². The van der Waals surface area contributed by atoms with Crippen LogP contribution in [-0.4, -0.2) is 4.98 Å². The zero-order valence-corrected chi connectivity index (χ0v) is 9.01. The molecule has 80 valence electrons. The van der Waals surface area contributed by atoms with Crippen LogP contribution in [0.3, 0.4) is 0 Å². The number of hydrogen-bond acceptors (Lipinski definition) is 2. The van der Waals surface area contributed by atoms with E-state index in [4.69, 9.17) is 5.73 Å². The molecule has 0 bridgehead atoms. The molecule has 0 aliphatic rings. The molecule has 0 aliphatic heterocycles. The first-order chi connectivity index (χ1) is 7.92. The van der Waals surface area contributed by atoms with Crippen molar-refractivity contribution in [3.8, 4) is 11.1 Å². The molecule has 0 spiro atoms. The van der Waals surface area contributed by atoms with Gasteiger partial charge in [0.15, 0.2) is 0 Å². The van der Waals surface area contributed by atoms with Crippen molar-refractivity contribution in [1.82, 2.24) is 4.98 Å². The number of aromatic nitrogens is 1. The lowest BCUT2D eigenvalue weighted by molar-refractivity contribution is 1.11. The zero-order chi connectivity index (χ0) is 11.2. The highest BCUT2D eigenvalue weighted by molar-refractivity contribution is 5.65. The van der Waals surface area contributed by atoms with E-state index < -0.39 is 0 Å². The summed E-state index contributed by atoms with van der Waals surface area (Å²) >= 11 is 0. The number of nitrogens with two attached hydrogens (primary N) is 1. The van der Waals surface area contributed by atoms with E-state index in [0.29, 0.717) is 0 Å². The van der Waals surface area contributed by atoms with Gasteiger partial charge in [-0.3, -0.25) is 4.98 Å². The van der Waals surface area contributed by atoms with Gasteiger partial charge < -0.3 is 5.73 Å². The number of rotatable bonds is 3. The van der Waals surface area contributed by atoms with Gasteiger partial charge >= 0.3 is 0 Å². The number of allylic oxidation sites excluding steroid dienone is 1. The van der Waals surface area contributed by atoms with Crippen molar-refractivity contribution in [2.24, 2.45) is 5.73 Å². The largest absolute Gasteiger partial charge is 0.405 e. The van der Waals surface area contributed by atoms with E-state index in [-0.39, 0.29) is 0 Å². The summed E-state index contributed by atoms with van der Waals surface area (Å²) in [6.45, 7) is 0. The summed E-state index contributed by atoms with van der Waals surface area (Å²) in [6, 6.07) is 14.3. The fourth-order valence-corrected chi connectivity index (χ4v) is 1.66. The van der Waals surface area contributed by atoms with Crippen LogP contribution in [0, 0.1) is 0 Å². The fourth-order valence-electron chi connectivity index (χ4n) is 1.66. The second kappa shape index (κ2) is 5.12. The third-order valence-corrected chi connectivity index (χ3v) is 2.42. The van der Waals surface area contributed by atoms with Gasteiger partial charge in [-0.15, -0.1) is 0 Å². The third kappa shape index (κ3) is 2.28. The van der Waals surface area contributed by atoms with Crippen molar-refractivity contribution >= 4 is 0 Å². The van der Waals surface area contributed by atoms with Crippen LogP contribution in [0.4, 0.5) is 0 Å². The van der Waals surface area contributed by atoms with E-state index in [1.165, 1.54) is 11.1 Å². The van der Waals surface area contributed by atoms with Crippen molar-refractivity contribution in [1.29, 1.82) is 0 Å². The summed E-state index contributed by atoms with van der Waals surface area (Å²) in [6.07, 6.45) is 6.05. The predicted octanol–water partition coefficient (Wildman–Crippen LogP) is 2.76. The van der Waals surface area contributed by atoms with Gasteiger partial charge in [-0.2, -0.15) is 0 Å². The highest BCUT2D eigenvalue weighted by atomic mass is 14.7. The predicted molar refractivity (Wildman–Crippen MR) is 66.7 cm³/mol. The van der Waals surface area contributed by atoms with Gasteiger partial charge in [0.2, 0.25) is 0 Å². The highest BCUT2D eigenvalue weighted by Gasteiger charge is 2.03. The molecule has 0 saturated carbocycles. The normalized spacial score (nSPS) is 10.8. The Morgan fingerprint density at radius 2 is 1.88 bits per heavy atom. The van der Waals surface area contributed by atoms with Gasteiger partial charge in [-0.1, -0.05) is 42.5 Å². The summed E-state index contributed by atoms with van der Waals surface area (Å²) in [5.41, 5.74) is 8.77. The van der Waals surface area contributed by atoms with Crippen molar-refractivity contribution in [3.63, 3.8) is 0 Å². The molecular formula is C14H14N2. The van der Waals surface area contributed by atoms with E-state index in [2.05, 4.69) is 23.2 Å². The average Bonchev–Trinajstić information content (AvgIpc) is 2.38. The van der Waals surface area contributed by atoms with Crippen LogP contribution in [0.1, 0.15) is 5.69 Å². The van der Waals surface area contributed by atoms with E-state index in [1.807, 2.05) is 36.5 Å². The minimum atomic E-state index is 0.765. The van der Waals surface area contributed by atoms with E-state index in [0.717, 1.165) is 12.1 Å². The molecule has 2 aromatic rings. The average molecular weight is 210 g/mol. The standard InChI is InChI=1S/C14H14N2/c15-10-4-9-14-13(8-5-11-16-14)12-6-2-1-3-7-12/h1-8,10-11H,9,15H2. The molecule has 2 rings (SSSR count). The smallest absolute Gasteiger partial charge is 0.0520 e. The maximum absolute atomic E-state index is 5.36. The molecule has 0 radical (unpaired) electrons. The minimum Gasteiger partial charge on any atom is -0.405 e. The zero-order valence-electron chi connectivity index (χ0n) is 9.01. The Labute approximate surface area is 95.5 Å². The third-order valence-electron chi connectivity index (χ3n) is 2.42. The minimum absolute atomic E-state index is 0.765. The Kier molecular flexibility index (Phi) is 3.34. The van der Waals surface area contributed by atoms with Crippen LogP contribution in [0.25, 0.3) is 11.1 Å². The lowest BCUT2D eigenvalue weighted by atomic mass is 10.0. The molecule has 2 heteroatoms. The lowest BCUT2D eigenvalue weighted by Gasteiger charge is -2.06. The molecule has 0 amide bonds. The molecule has 16 heavy (non-hydrogen) atoms. The van der Waals surface area contributed by atoms with Crippen LogP contribution in [0.2, 0.25) is 0 Å². The van der Waals surface area contributed by atoms with Crippen LogP contribution in [-0.2, 0) is 6.42 Å². The summed E-state index contributed by atoms with van der Waals surface area (Å²) < 4.78 is 0. The first-order valence-electron chi connectivity index (χ1n) is 5.28. The number of benzene rings is 1. The van der Waals surface area contributed by atoms with Crippen LogP contribution >= 0.6 is 0 Å². The summed E-state index contributed by atoms with van der Waals surface area (Å²) in [4.78, 5) is 4.39. The fraction of sp³-hybridized carbons (Fsp3) is 0.0714. The molecular weight excluding hydrogens is 196 g/mol. The van der Waals surface area contributed by atoms with Crippen LogP contribution < -0.4 is 5.73 Å². The highest BCUT2D eigenvalue weighted by Crippen LogP contribution is 2.22. The van der Waals surface area contributed by atoms with E-state index in [9.17, 15) is 0 Å². The van der Waals surface area contributed by atoms with Gasteiger partial charge in [0.1, 0.15) is 0 Å². The maximum Gasteiger partial charge on any atom is 0.0520 e. The Morgan fingerprint density at radius 3 is 2.62 bits per heavy atom. The summed E-state index contributed by atoms with van der Waals surface area (Å²) in [7, 11) is 0. The first-order valence-corrected chi connectivity index (χ1v) is 5.28. The van der Waals surface area contributed by atoms with Crippen molar-refractivity contribution < 1.29 is 0 Å². The Hall–Kier alpha value is -2.09. The van der Waals surface area contributed by atoms with Crippen molar-refractivity contribution in [3.05, 3.63) is 66.6 Å². The molecule has 0 aliphatic carbocycles. The number of nitrogens with zero attached hydrogens (tertiary/aromatic N) is 1. The number of pyridine rings is 1. The van der Waals surface area contributed by atoms with Gasteiger partial charge in [-0.25, -0.2) is 0 Å². The van der Waals surface area contributed by atoms with Crippen LogP contribution in [0.15, 0.2) is 60.9 Å². The molecule has 0 atom stereocenters. The van der Waals surface area contributed by atoms with Crippen molar-refractivity contribution in [2.45, 2.75) is 6.42 Å². The molecule has 0 unspecified atom stereocenters. The molecule has 1 heterocycles. The molecule has 0 saturated heterocycles.